The standard InChI is InChI=1S/C6H11NOS/c1-5(8)7-6-3-2-4-9-6/h6H,2-4H2,1H3,(H,7,8). The molecule has 1 aliphatic rings. The highest BCUT2D eigenvalue weighted by molar-refractivity contribution is 8.00. The van der Waals surface area contributed by atoms with Crippen molar-refractivity contribution in [2.75, 3.05) is 5.75 Å². The molecule has 0 aromatic heterocycles. The van der Waals surface area contributed by atoms with E-state index in [9.17, 15) is 4.79 Å². The van der Waals surface area contributed by atoms with E-state index in [-0.39, 0.29) is 5.91 Å². The van der Waals surface area contributed by atoms with Gasteiger partial charge in [0.2, 0.25) is 5.91 Å². The number of nitrogens with one attached hydrogen (secondary N) is 1. The van der Waals surface area contributed by atoms with Gasteiger partial charge in [0.25, 0.3) is 0 Å². The van der Waals surface area contributed by atoms with E-state index >= 15 is 0 Å². The Labute approximate surface area is 59.4 Å². The summed E-state index contributed by atoms with van der Waals surface area (Å²) >= 11 is 1.84. The zero-order chi connectivity index (χ0) is 6.69. The molecule has 0 saturated carbocycles. The fraction of sp³-hybridized carbons (Fsp3) is 0.833. The lowest BCUT2D eigenvalue weighted by Crippen LogP contribution is -2.27. The predicted octanol–water partition coefficient (Wildman–Crippen LogP) is 0.976. The number of hydrogen-bond acceptors (Lipinski definition) is 2. The van der Waals surface area contributed by atoms with Gasteiger partial charge in [-0.25, -0.2) is 0 Å². The lowest BCUT2D eigenvalue weighted by Gasteiger charge is -2.07. The lowest BCUT2D eigenvalue weighted by molar-refractivity contribution is -0.119. The predicted molar refractivity (Wildman–Crippen MR) is 39.3 cm³/mol. The zero-order valence-electron chi connectivity index (χ0n) is 5.52. The van der Waals surface area contributed by atoms with Crippen molar-refractivity contribution in [3.05, 3.63) is 0 Å². The van der Waals surface area contributed by atoms with E-state index in [2.05, 4.69) is 5.32 Å². The number of thioether (sulfide) groups is 1. The molecular weight excluding hydrogens is 134 g/mol. The number of hydrogen-bond donors (Lipinski definition) is 1. The molecule has 1 amide bonds. The van der Waals surface area contributed by atoms with Crippen LogP contribution in [0.4, 0.5) is 0 Å². The molecule has 1 saturated heterocycles. The van der Waals surface area contributed by atoms with Crippen LogP contribution in [0.5, 0.6) is 0 Å². The van der Waals surface area contributed by atoms with E-state index in [1.807, 2.05) is 11.8 Å². The average Bonchev–Trinajstić information content (AvgIpc) is 2.15. The van der Waals surface area contributed by atoms with Crippen LogP contribution in [0.3, 0.4) is 0 Å². The third kappa shape index (κ3) is 2.26. The van der Waals surface area contributed by atoms with E-state index in [1.54, 1.807) is 6.92 Å². The Morgan fingerprint density at radius 3 is 3.00 bits per heavy atom. The second kappa shape index (κ2) is 3.11. The van der Waals surface area contributed by atoms with Gasteiger partial charge in [0.1, 0.15) is 0 Å². The fourth-order valence-corrected chi connectivity index (χ4v) is 2.12. The van der Waals surface area contributed by atoms with Crippen LogP contribution in [0.2, 0.25) is 0 Å². The molecule has 1 rings (SSSR count). The highest BCUT2D eigenvalue weighted by atomic mass is 32.2. The first-order valence-corrected chi connectivity index (χ1v) is 4.22. The Balaban J connectivity index is 2.19. The number of carbonyl (C=O) groups is 1. The third-order valence-corrected chi connectivity index (χ3v) is 2.57. The summed E-state index contributed by atoms with van der Waals surface area (Å²) in [5.41, 5.74) is 0. The van der Waals surface area contributed by atoms with Crippen LogP contribution in [0, 0.1) is 0 Å². The van der Waals surface area contributed by atoms with Gasteiger partial charge in [0.15, 0.2) is 0 Å². The Morgan fingerprint density at radius 2 is 2.56 bits per heavy atom. The molecule has 3 heteroatoms. The van der Waals surface area contributed by atoms with Crippen molar-refractivity contribution in [3.63, 3.8) is 0 Å². The molecule has 1 atom stereocenters. The molecule has 0 bridgehead atoms. The van der Waals surface area contributed by atoms with Crippen LogP contribution in [-0.4, -0.2) is 17.0 Å². The summed E-state index contributed by atoms with van der Waals surface area (Å²) in [6, 6.07) is 0. The maximum atomic E-state index is 10.5. The highest BCUT2D eigenvalue weighted by Crippen LogP contribution is 2.23. The van der Waals surface area contributed by atoms with Crippen LogP contribution < -0.4 is 5.32 Å². The normalized spacial score (nSPS) is 26.1. The SMILES string of the molecule is CC(=O)NC1CCCS1. The van der Waals surface area contributed by atoms with Gasteiger partial charge < -0.3 is 5.32 Å². The van der Waals surface area contributed by atoms with Crippen molar-refractivity contribution >= 4 is 17.7 Å². The monoisotopic (exact) mass is 145 g/mol. The van der Waals surface area contributed by atoms with Gasteiger partial charge in [0.05, 0.1) is 5.37 Å². The molecule has 1 N–H and O–H groups in total. The van der Waals surface area contributed by atoms with Crippen molar-refractivity contribution in [2.24, 2.45) is 0 Å². The lowest BCUT2D eigenvalue weighted by atomic mass is 10.3. The molecule has 9 heavy (non-hydrogen) atoms. The average molecular weight is 145 g/mol. The minimum atomic E-state index is 0.0920. The number of amides is 1. The number of rotatable bonds is 1. The first-order chi connectivity index (χ1) is 4.29. The molecule has 0 aromatic carbocycles. The topological polar surface area (TPSA) is 29.1 Å². The Kier molecular flexibility index (Phi) is 2.39. The fourth-order valence-electron chi connectivity index (χ4n) is 0.918. The van der Waals surface area contributed by atoms with Crippen LogP contribution in [-0.2, 0) is 4.79 Å². The van der Waals surface area contributed by atoms with Crippen LogP contribution in [0.25, 0.3) is 0 Å². The van der Waals surface area contributed by atoms with Gasteiger partial charge in [-0.3, -0.25) is 4.79 Å². The molecular formula is C6H11NOS. The molecule has 1 heterocycles. The van der Waals surface area contributed by atoms with Crippen molar-refractivity contribution in [3.8, 4) is 0 Å². The summed E-state index contributed by atoms with van der Waals surface area (Å²) in [6.45, 7) is 1.57. The first-order valence-electron chi connectivity index (χ1n) is 3.18. The van der Waals surface area contributed by atoms with E-state index in [0.29, 0.717) is 5.37 Å². The van der Waals surface area contributed by atoms with Crippen molar-refractivity contribution in [1.29, 1.82) is 0 Å². The maximum absolute atomic E-state index is 10.5. The molecule has 0 aliphatic carbocycles. The summed E-state index contributed by atoms with van der Waals surface area (Å²) in [4.78, 5) is 10.5. The van der Waals surface area contributed by atoms with Gasteiger partial charge in [-0.1, -0.05) is 0 Å². The second-order valence-corrected chi connectivity index (χ2v) is 3.51. The summed E-state index contributed by atoms with van der Waals surface area (Å²) in [5, 5.41) is 3.27. The maximum Gasteiger partial charge on any atom is 0.217 e. The van der Waals surface area contributed by atoms with Crippen LogP contribution >= 0.6 is 11.8 Å². The molecule has 1 fully saturated rings. The quantitative estimate of drug-likeness (QED) is 0.596. The minimum Gasteiger partial charge on any atom is -0.345 e. The summed E-state index contributed by atoms with van der Waals surface area (Å²) in [7, 11) is 0. The summed E-state index contributed by atoms with van der Waals surface area (Å²) < 4.78 is 0. The smallest absolute Gasteiger partial charge is 0.217 e. The van der Waals surface area contributed by atoms with Crippen molar-refractivity contribution in [2.45, 2.75) is 25.1 Å². The number of carbonyl (C=O) groups excluding carboxylic acids is 1. The Morgan fingerprint density at radius 1 is 1.78 bits per heavy atom. The van der Waals surface area contributed by atoms with Gasteiger partial charge in [0, 0.05) is 6.92 Å². The van der Waals surface area contributed by atoms with Crippen LogP contribution in [0.1, 0.15) is 19.8 Å². The largest absolute Gasteiger partial charge is 0.345 e. The molecule has 1 aliphatic heterocycles. The highest BCUT2D eigenvalue weighted by Gasteiger charge is 2.14. The zero-order valence-corrected chi connectivity index (χ0v) is 6.33. The van der Waals surface area contributed by atoms with E-state index in [1.165, 1.54) is 12.2 Å². The van der Waals surface area contributed by atoms with Gasteiger partial charge in [-0.15, -0.1) is 11.8 Å². The van der Waals surface area contributed by atoms with Crippen LogP contribution in [0.15, 0.2) is 0 Å². The van der Waals surface area contributed by atoms with E-state index in [0.717, 1.165) is 6.42 Å². The molecule has 0 radical (unpaired) electrons. The minimum absolute atomic E-state index is 0.0920. The molecule has 52 valence electrons. The molecule has 0 aromatic rings. The first kappa shape index (κ1) is 6.93. The van der Waals surface area contributed by atoms with Gasteiger partial charge >= 0.3 is 0 Å². The Hall–Kier alpha value is -0.180. The van der Waals surface area contributed by atoms with E-state index in [4.69, 9.17) is 0 Å². The summed E-state index contributed by atoms with van der Waals surface area (Å²) in [6.07, 6.45) is 2.39. The molecule has 0 spiro atoms. The Bertz CT molecular complexity index is 110. The molecule has 1 unspecified atom stereocenters. The van der Waals surface area contributed by atoms with Crippen molar-refractivity contribution < 1.29 is 4.79 Å². The third-order valence-electron chi connectivity index (χ3n) is 1.29. The van der Waals surface area contributed by atoms with Gasteiger partial charge in [-0.05, 0) is 18.6 Å². The second-order valence-electron chi connectivity index (χ2n) is 2.20. The van der Waals surface area contributed by atoms with Crippen molar-refractivity contribution in [1.82, 2.24) is 5.32 Å². The molecule has 2 nitrogen and oxygen atoms in total. The van der Waals surface area contributed by atoms with E-state index < -0.39 is 0 Å². The summed E-state index contributed by atoms with van der Waals surface area (Å²) in [5.74, 6) is 1.29. The van der Waals surface area contributed by atoms with Gasteiger partial charge in [-0.2, -0.15) is 0 Å².